The molecule has 1 saturated carbocycles. The molecule has 0 saturated heterocycles. The summed E-state index contributed by atoms with van der Waals surface area (Å²) in [4.78, 5) is 22.4. The molecule has 0 aromatic heterocycles. The number of nitrogens with one attached hydrogen (secondary N) is 2. The molecule has 5 heteroatoms. The van der Waals surface area contributed by atoms with Crippen LogP contribution < -0.4 is 16.4 Å². The maximum Gasteiger partial charge on any atom is 0.239 e. The third-order valence-electron chi connectivity index (χ3n) is 3.40. The molecule has 0 aromatic rings. The van der Waals surface area contributed by atoms with E-state index in [0.717, 1.165) is 0 Å². The number of rotatable bonds is 5. The summed E-state index contributed by atoms with van der Waals surface area (Å²) in [6.45, 7) is 2.85. The summed E-state index contributed by atoms with van der Waals surface area (Å²) in [5, 5.41) is 5.33. The van der Waals surface area contributed by atoms with E-state index in [9.17, 15) is 9.59 Å². The smallest absolute Gasteiger partial charge is 0.239 e. The summed E-state index contributed by atoms with van der Waals surface area (Å²) in [5.41, 5.74) is 5.35. The second-order valence-electron chi connectivity index (χ2n) is 5.13. The molecule has 1 fully saturated rings. The fourth-order valence-corrected chi connectivity index (χ4v) is 2.21. The first-order chi connectivity index (χ1) is 8.06. The summed E-state index contributed by atoms with van der Waals surface area (Å²) < 4.78 is 0. The van der Waals surface area contributed by atoms with Gasteiger partial charge in [0, 0.05) is 6.54 Å². The van der Waals surface area contributed by atoms with Crippen molar-refractivity contribution in [3.8, 4) is 0 Å². The maximum atomic E-state index is 11.5. The largest absolute Gasteiger partial charge is 0.354 e. The van der Waals surface area contributed by atoms with Crippen LogP contribution >= 0.6 is 0 Å². The van der Waals surface area contributed by atoms with Crippen molar-refractivity contribution in [2.45, 2.75) is 39.0 Å². The number of nitrogens with two attached hydrogens (primary N) is 1. The third kappa shape index (κ3) is 5.17. The van der Waals surface area contributed by atoms with Crippen LogP contribution in [0.4, 0.5) is 0 Å². The van der Waals surface area contributed by atoms with Gasteiger partial charge in [-0.15, -0.1) is 0 Å². The number of hydrogen-bond donors (Lipinski definition) is 3. The SMILES string of the molecule is CC1(CNC(=O)CNC(=O)CN)CCCCC1. The van der Waals surface area contributed by atoms with E-state index >= 15 is 0 Å². The highest BCUT2D eigenvalue weighted by molar-refractivity contribution is 5.85. The van der Waals surface area contributed by atoms with E-state index < -0.39 is 0 Å². The van der Waals surface area contributed by atoms with Gasteiger partial charge in [0.15, 0.2) is 0 Å². The number of amides is 2. The molecular weight excluding hydrogens is 218 g/mol. The monoisotopic (exact) mass is 241 g/mol. The zero-order valence-corrected chi connectivity index (χ0v) is 10.6. The molecule has 0 aliphatic heterocycles. The van der Waals surface area contributed by atoms with Crippen molar-refractivity contribution in [2.24, 2.45) is 11.1 Å². The van der Waals surface area contributed by atoms with Crippen molar-refractivity contribution in [3.05, 3.63) is 0 Å². The molecule has 0 bridgehead atoms. The highest BCUT2D eigenvalue weighted by Gasteiger charge is 2.26. The molecule has 5 nitrogen and oxygen atoms in total. The van der Waals surface area contributed by atoms with E-state index in [1.807, 2.05) is 0 Å². The van der Waals surface area contributed by atoms with Crippen LogP contribution in [0.2, 0.25) is 0 Å². The highest BCUT2D eigenvalue weighted by Crippen LogP contribution is 2.34. The van der Waals surface area contributed by atoms with Crippen LogP contribution in [0.5, 0.6) is 0 Å². The average molecular weight is 241 g/mol. The summed E-state index contributed by atoms with van der Waals surface area (Å²) in [6, 6.07) is 0. The van der Waals surface area contributed by atoms with Crippen molar-refractivity contribution in [1.82, 2.24) is 10.6 Å². The Morgan fingerprint density at radius 2 is 1.76 bits per heavy atom. The van der Waals surface area contributed by atoms with Gasteiger partial charge in [-0.05, 0) is 18.3 Å². The van der Waals surface area contributed by atoms with E-state index in [1.54, 1.807) is 0 Å². The molecule has 17 heavy (non-hydrogen) atoms. The van der Waals surface area contributed by atoms with Gasteiger partial charge in [0.05, 0.1) is 13.1 Å². The van der Waals surface area contributed by atoms with E-state index in [1.165, 1.54) is 32.1 Å². The lowest BCUT2D eigenvalue weighted by Crippen LogP contribution is -2.43. The Morgan fingerprint density at radius 1 is 1.12 bits per heavy atom. The lowest BCUT2D eigenvalue weighted by Gasteiger charge is -2.33. The number of carbonyl (C=O) groups excluding carboxylic acids is 2. The molecule has 0 radical (unpaired) electrons. The van der Waals surface area contributed by atoms with Crippen molar-refractivity contribution >= 4 is 11.8 Å². The minimum atomic E-state index is -0.302. The van der Waals surface area contributed by atoms with Gasteiger partial charge >= 0.3 is 0 Å². The predicted molar refractivity (Wildman–Crippen MR) is 66.3 cm³/mol. The predicted octanol–water partition coefficient (Wildman–Crippen LogP) is 0.148. The van der Waals surface area contributed by atoms with Crippen molar-refractivity contribution < 1.29 is 9.59 Å². The quantitative estimate of drug-likeness (QED) is 0.640. The topological polar surface area (TPSA) is 84.2 Å². The van der Waals surface area contributed by atoms with Gasteiger partial charge in [-0.2, -0.15) is 0 Å². The molecule has 0 atom stereocenters. The first-order valence-corrected chi connectivity index (χ1v) is 6.29. The fourth-order valence-electron chi connectivity index (χ4n) is 2.21. The Hall–Kier alpha value is -1.10. The summed E-state index contributed by atoms with van der Waals surface area (Å²) >= 11 is 0. The molecule has 1 aliphatic carbocycles. The Bertz CT molecular complexity index is 273. The van der Waals surface area contributed by atoms with Gasteiger partial charge in [0.25, 0.3) is 0 Å². The Kier molecular flexibility index (Phi) is 5.41. The van der Waals surface area contributed by atoms with E-state index in [2.05, 4.69) is 17.6 Å². The second kappa shape index (κ2) is 6.59. The summed E-state index contributed by atoms with van der Waals surface area (Å²) in [5.74, 6) is -0.442. The molecule has 0 unspecified atom stereocenters. The van der Waals surface area contributed by atoms with Crippen LogP contribution in [-0.4, -0.2) is 31.4 Å². The highest BCUT2D eigenvalue weighted by atomic mass is 16.2. The van der Waals surface area contributed by atoms with Gasteiger partial charge in [0.2, 0.25) is 11.8 Å². The normalized spacial score (nSPS) is 18.5. The van der Waals surface area contributed by atoms with Crippen LogP contribution in [0.1, 0.15) is 39.0 Å². The van der Waals surface area contributed by atoms with Crippen LogP contribution in [0.25, 0.3) is 0 Å². The van der Waals surface area contributed by atoms with Crippen LogP contribution in [0.3, 0.4) is 0 Å². The first-order valence-electron chi connectivity index (χ1n) is 6.29. The molecule has 0 spiro atoms. The van der Waals surface area contributed by atoms with E-state index in [4.69, 9.17) is 5.73 Å². The Balaban J connectivity index is 2.20. The number of hydrogen-bond acceptors (Lipinski definition) is 3. The zero-order chi connectivity index (χ0) is 12.7. The molecule has 0 aromatic carbocycles. The maximum absolute atomic E-state index is 11.5. The molecule has 1 aliphatic rings. The van der Waals surface area contributed by atoms with Gasteiger partial charge < -0.3 is 16.4 Å². The van der Waals surface area contributed by atoms with Crippen LogP contribution in [0.15, 0.2) is 0 Å². The van der Waals surface area contributed by atoms with Crippen molar-refractivity contribution in [2.75, 3.05) is 19.6 Å². The average Bonchev–Trinajstić information content (AvgIpc) is 2.34. The second-order valence-corrected chi connectivity index (χ2v) is 5.13. The molecule has 4 N–H and O–H groups in total. The van der Waals surface area contributed by atoms with Crippen molar-refractivity contribution in [3.63, 3.8) is 0 Å². The first kappa shape index (κ1) is 14.0. The van der Waals surface area contributed by atoms with Gasteiger partial charge in [0.1, 0.15) is 0 Å². The zero-order valence-electron chi connectivity index (χ0n) is 10.6. The van der Waals surface area contributed by atoms with E-state index in [0.29, 0.717) is 6.54 Å². The Labute approximate surface area is 103 Å². The summed E-state index contributed by atoms with van der Waals surface area (Å²) in [6.07, 6.45) is 6.13. The van der Waals surface area contributed by atoms with E-state index in [-0.39, 0.29) is 30.3 Å². The van der Waals surface area contributed by atoms with Gasteiger partial charge in [-0.3, -0.25) is 9.59 Å². The molecule has 0 heterocycles. The summed E-state index contributed by atoms with van der Waals surface area (Å²) in [7, 11) is 0. The lowest BCUT2D eigenvalue weighted by molar-refractivity contribution is -0.125. The fraction of sp³-hybridized carbons (Fsp3) is 0.833. The molecular formula is C12H23N3O2. The molecule has 1 rings (SSSR count). The van der Waals surface area contributed by atoms with Crippen LogP contribution in [-0.2, 0) is 9.59 Å². The molecule has 98 valence electrons. The number of carbonyl (C=O) groups is 2. The standard InChI is InChI=1S/C12H23N3O2/c1-12(5-3-2-4-6-12)9-15-11(17)8-14-10(16)7-13/h2-9,13H2,1H3,(H,14,16)(H,15,17). The lowest BCUT2D eigenvalue weighted by atomic mass is 9.76. The van der Waals surface area contributed by atoms with Crippen LogP contribution in [0, 0.1) is 5.41 Å². The van der Waals surface area contributed by atoms with Crippen molar-refractivity contribution in [1.29, 1.82) is 0 Å². The Morgan fingerprint density at radius 3 is 2.35 bits per heavy atom. The minimum Gasteiger partial charge on any atom is -0.354 e. The molecule has 2 amide bonds. The minimum absolute atomic E-state index is 0.0200. The van der Waals surface area contributed by atoms with Gasteiger partial charge in [-0.25, -0.2) is 0 Å². The van der Waals surface area contributed by atoms with Gasteiger partial charge in [-0.1, -0.05) is 26.2 Å². The third-order valence-corrected chi connectivity index (χ3v) is 3.40.